The Bertz CT molecular complexity index is 728. The van der Waals surface area contributed by atoms with Crippen LogP contribution in [0.4, 0.5) is 0 Å². The summed E-state index contributed by atoms with van der Waals surface area (Å²) in [6.07, 6.45) is 2.59. The summed E-state index contributed by atoms with van der Waals surface area (Å²) >= 11 is 0. The monoisotopic (exact) mass is 344 g/mol. The van der Waals surface area contributed by atoms with E-state index < -0.39 is 0 Å². The molecule has 1 aliphatic rings. The molecule has 2 N–H and O–H groups in total. The van der Waals surface area contributed by atoms with Crippen LogP contribution in [-0.4, -0.2) is 40.6 Å². The highest BCUT2D eigenvalue weighted by Crippen LogP contribution is 2.32. The highest BCUT2D eigenvalue weighted by atomic mass is 16.7. The molecule has 0 saturated carbocycles. The number of guanidine groups is 1. The summed E-state index contributed by atoms with van der Waals surface area (Å²) in [5.41, 5.74) is 1.19. The van der Waals surface area contributed by atoms with Crippen molar-refractivity contribution < 1.29 is 9.47 Å². The predicted molar refractivity (Wildman–Crippen MR) is 94.8 cm³/mol. The fourth-order valence-corrected chi connectivity index (χ4v) is 2.58. The van der Waals surface area contributed by atoms with Gasteiger partial charge in [-0.2, -0.15) is 0 Å². The molecule has 2 heterocycles. The van der Waals surface area contributed by atoms with Gasteiger partial charge < -0.3 is 24.7 Å². The average molecular weight is 344 g/mol. The number of aromatic nitrogens is 3. The molecule has 1 aromatic carbocycles. The molecule has 1 aliphatic heterocycles. The molecule has 0 bridgehead atoms. The van der Waals surface area contributed by atoms with Gasteiger partial charge in [-0.1, -0.05) is 6.07 Å². The highest BCUT2D eigenvalue weighted by Gasteiger charge is 2.13. The van der Waals surface area contributed by atoms with Gasteiger partial charge >= 0.3 is 0 Å². The fourth-order valence-electron chi connectivity index (χ4n) is 2.58. The topological polar surface area (TPSA) is 85.6 Å². The third-order valence-corrected chi connectivity index (χ3v) is 3.90. The number of aliphatic imine (C=N–C) groups is 1. The number of aryl methyl sites for hydroxylation is 1. The SMILES string of the molecule is CCNC(=NCc1nncn1CC)NCCc1ccc2c(c1)OCO2. The van der Waals surface area contributed by atoms with Crippen molar-refractivity contribution in [3.8, 4) is 11.5 Å². The Kier molecular flexibility index (Phi) is 5.71. The Labute approximate surface area is 147 Å². The van der Waals surface area contributed by atoms with E-state index in [0.29, 0.717) is 13.3 Å². The van der Waals surface area contributed by atoms with Crippen molar-refractivity contribution in [2.45, 2.75) is 33.4 Å². The molecule has 8 heteroatoms. The Balaban J connectivity index is 1.54. The second-order valence-electron chi connectivity index (χ2n) is 5.59. The lowest BCUT2D eigenvalue weighted by molar-refractivity contribution is 0.174. The van der Waals surface area contributed by atoms with E-state index in [4.69, 9.17) is 9.47 Å². The summed E-state index contributed by atoms with van der Waals surface area (Å²) in [5, 5.41) is 14.6. The summed E-state index contributed by atoms with van der Waals surface area (Å²) in [5.74, 6) is 3.26. The van der Waals surface area contributed by atoms with Gasteiger partial charge in [-0.3, -0.25) is 0 Å². The first-order chi connectivity index (χ1) is 12.3. The Hall–Kier alpha value is -2.77. The van der Waals surface area contributed by atoms with Crippen molar-refractivity contribution in [1.82, 2.24) is 25.4 Å². The maximum absolute atomic E-state index is 5.41. The number of rotatable bonds is 7. The molecule has 3 rings (SSSR count). The van der Waals surface area contributed by atoms with Gasteiger partial charge in [0.25, 0.3) is 0 Å². The van der Waals surface area contributed by atoms with Crippen molar-refractivity contribution in [1.29, 1.82) is 0 Å². The van der Waals surface area contributed by atoms with Gasteiger partial charge in [0.2, 0.25) is 6.79 Å². The Morgan fingerprint density at radius 3 is 2.96 bits per heavy atom. The quantitative estimate of drug-likeness (QED) is 0.582. The van der Waals surface area contributed by atoms with E-state index in [2.05, 4.69) is 38.8 Å². The summed E-state index contributed by atoms with van der Waals surface area (Å²) in [6, 6.07) is 6.04. The minimum Gasteiger partial charge on any atom is -0.454 e. The molecule has 0 unspecified atom stereocenters. The van der Waals surface area contributed by atoms with Gasteiger partial charge in [0.05, 0.1) is 0 Å². The summed E-state index contributed by atoms with van der Waals surface area (Å²) in [7, 11) is 0. The van der Waals surface area contributed by atoms with E-state index in [-0.39, 0.29) is 0 Å². The molecule has 1 aromatic heterocycles. The first-order valence-corrected chi connectivity index (χ1v) is 8.57. The lowest BCUT2D eigenvalue weighted by Gasteiger charge is -2.11. The normalized spacial score (nSPS) is 13.1. The van der Waals surface area contributed by atoms with Gasteiger partial charge in [-0.05, 0) is 38.0 Å². The Morgan fingerprint density at radius 1 is 1.24 bits per heavy atom. The number of benzene rings is 1. The zero-order chi connectivity index (χ0) is 17.5. The van der Waals surface area contributed by atoms with Gasteiger partial charge in [-0.25, -0.2) is 4.99 Å². The first-order valence-electron chi connectivity index (χ1n) is 8.57. The number of fused-ring (bicyclic) bond motifs is 1. The van der Waals surface area contributed by atoms with E-state index in [9.17, 15) is 0 Å². The first kappa shape index (κ1) is 17.1. The highest BCUT2D eigenvalue weighted by molar-refractivity contribution is 5.79. The van der Waals surface area contributed by atoms with Crippen molar-refractivity contribution in [2.24, 2.45) is 4.99 Å². The zero-order valence-electron chi connectivity index (χ0n) is 14.7. The second kappa shape index (κ2) is 8.36. The third-order valence-electron chi connectivity index (χ3n) is 3.90. The van der Waals surface area contributed by atoms with E-state index >= 15 is 0 Å². The molecular formula is C17H24N6O2. The molecule has 25 heavy (non-hydrogen) atoms. The van der Waals surface area contributed by atoms with Crippen molar-refractivity contribution in [2.75, 3.05) is 19.9 Å². The van der Waals surface area contributed by atoms with Crippen LogP contribution in [0.2, 0.25) is 0 Å². The molecule has 8 nitrogen and oxygen atoms in total. The van der Waals surface area contributed by atoms with Gasteiger partial charge in [0.15, 0.2) is 23.3 Å². The molecule has 2 aromatic rings. The molecule has 0 aliphatic carbocycles. The van der Waals surface area contributed by atoms with Crippen LogP contribution in [0, 0.1) is 0 Å². The average Bonchev–Trinajstić information content (AvgIpc) is 3.27. The molecule has 0 saturated heterocycles. The number of ether oxygens (including phenoxy) is 2. The van der Waals surface area contributed by atoms with E-state index in [0.717, 1.165) is 49.3 Å². The maximum atomic E-state index is 5.41. The summed E-state index contributed by atoms with van der Waals surface area (Å²) in [6.45, 7) is 7.31. The van der Waals surface area contributed by atoms with Gasteiger partial charge in [-0.15, -0.1) is 10.2 Å². The smallest absolute Gasteiger partial charge is 0.231 e. The molecule has 0 fully saturated rings. The third kappa shape index (κ3) is 4.40. The molecule has 0 radical (unpaired) electrons. The van der Waals surface area contributed by atoms with E-state index in [1.165, 1.54) is 5.56 Å². The van der Waals surface area contributed by atoms with Crippen molar-refractivity contribution in [3.05, 3.63) is 35.9 Å². The number of nitrogens with zero attached hydrogens (tertiary/aromatic N) is 4. The maximum Gasteiger partial charge on any atom is 0.231 e. The van der Waals surface area contributed by atoms with Gasteiger partial charge in [0, 0.05) is 19.6 Å². The number of hydrogen-bond acceptors (Lipinski definition) is 5. The van der Waals surface area contributed by atoms with Crippen LogP contribution in [0.5, 0.6) is 11.5 Å². The number of nitrogens with one attached hydrogen (secondary N) is 2. The standard InChI is InChI=1S/C17H24N6O2/c1-3-18-17(20-10-16-22-21-11-23(16)4-2)19-8-7-13-5-6-14-15(9-13)25-12-24-14/h5-6,9,11H,3-4,7-8,10,12H2,1-2H3,(H2,18,19,20). The van der Waals surface area contributed by atoms with Crippen LogP contribution >= 0.6 is 0 Å². The largest absolute Gasteiger partial charge is 0.454 e. The minimum absolute atomic E-state index is 0.302. The molecule has 0 atom stereocenters. The predicted octanol–water partition coefficient (Wildman–Crippen LogP) is 1.32. The van der Waals surface area contributed by atoms with E-state index in [1.807, 2.05) is 23.6 Å². The van der Waals surface area contributed by atoms with Crippen LogP contribution in [0.3, 0.4) is 0 Å². The lowest BCUT2D eigenvalue weighted by Crippen LogP contribution is -2.38. The lowest BCUT2D eigenvalue weighted by atomic mass is 10.1. The van der Waals surface area contributed by atoms with Crippen molar-refractivity contribution >= 4 is 5.96 Å². The Morgan fingerprint density at radius 2 is 2.12 bits per heavy atom. The minimum atomic E-state index is 0.302. The van der Waals surface area contributed by atoms with Crippen molar-refractivity contribution in [3.63, 3.8) is 0 Å². The van der Waals surface area contributed by atoms with Crippen LogP contribution in [0.15, 0.2) is 29.5 Å². The van der Waals surface area contributed by atoms with E-state index in [1.54, 1.807) is 6.33 Å². The number of hydrogen-bond donors (Lipinski definition) is 2. The zero-order valence-corrected chi connectivity index (χ0v) is 14.7. The van der Waals surface area contributed by atoms with Crippen LogP contribution in [-0.2, 0) is 19.5 Å². The van der Waals surface area contributed by atoms with Crippen LogP contribution < -0.4 is 20.1 Å². The molecule has 0 spiro atoms. The fraction of sp³-hybridized carbons (Fsp3) is 0.471. The molecule has 134 valence electrons. The van der Waals surface area contributed by atoms with Crippen LogP contribution in [0.25, 0.3) is 0 Å². The second-order valence-corrected chi connectivity index (χ2v) is 5.59. The summed E-state index contributed by atoms with van der Waals surface area (Å²) < 4.78 is 12.7. The molecule has 0 amide bonds. The van der Waals surface area contributed by atoms with Gasteiger partial charge in [0.1, 0.15) is 12.9 Å². The van der Waals surface area contributed by atoms with Crippen LogP contribution in [0.1, 0.15) is 25.2 Å². The molecular weight excluding hydrogens is 320 g/mol. The summed E-state index contributed by atoms with van der Waals surface area (Å²) in [4.78, 5) is 4.58.